The maximum atomic E-state index is 13.3. The Labute approximate surface area is 154 Å². The number of rotatable bonds is 7. The van der Waals surface area contributed by atoms with Crippen molar-refractivity contribution in [3.63, 3.8) is 0 Å². The highest BCUT2D eigenvalue weighted by Crippen LogP contribution is 2.26. The zero-order valence-corrected chi connectivity index (χ0v) is 14.4. The third kappa shape index (κ3) is 5.34. The third-order valence-electron chi connectivity index (χ3n) is 3.58. The van der Waals surface area contributed by atoms with Gasteiger partial charge in [0, 0.05) is 24.4 Å². The Kier molecular flexibility index (Phi) is 6.59. The van der Waals surface area contributed by atoms with Crippen LogP contribution in [-0.4, -0.2) is 31.9 Å². The molecule has 0 bridgehead atoms. The fourth-order valence-electron chi connectivity index (χ4n) is 2.17. The first-order valence-corrected chi connectivity index (χ1v) is 7.84. The first-order chi connectivity index (χ1) is 12.8. The first-order valence-electron chi connectivity index (χ1n) is 7.84. The molecule has 8 heteroatoms. The van der Waals surface area contributed by atoms with Gasteiger partial charge in [-0.3, -0.25) is 9.59 Å². The van der Waals surface area contributed by atoms with Gasteiger partial charge in [0.15, 0.2) is 0 Å². The van der Waals surface area contributed by atoms with E-state index in [2.05, 4.69) is 11.9 Å². The van der Waals surface area contributed by atoms with Crippen molar-refractivity contribution < 1.29 is 27.5 Å². The Morgan fingerprint density at radius 3 is 2.48 bits per heavy atom. The molecule has 2 amide bonds. The Morgan fingerprint density at radius 2 is 1.89 bits per heavy atom. The minimum absolute atomic E-state index is 0.0603. The van der Waals surface area contributed by atoms with Gasteiger partial charge in [-0.15, -0.1) is 0 Å². The third-order valence-corrected chi connectivity index (χ3v) is 3.58. The number of alkyl halides is 2. The maximum Gasteiger partial charge on any atom is 0.272 e. The van der Waals surface area contributed by atoms with E-state index >= 15 is 0 Å². The highest BCUT2D eigenvalue weighted by atomic mass is 19.3. The van der Waals surface area contributed by atoms with E-state index in [1.165, 1.54) is 23.1 Å². The van der Waals surface area contributed by atoms with Gasteiger partial charge < -0.3 is 15.0 Å². The fourth-order valence-corrected chi connectivity index (χ4v) is 2.17. The number of nitrogens with zero attached hydrogens (tertiary/aromatic N) is 1. The van der Waals surface area contributed by atoms with E-state index in [9.17, 15) is 22.8 Å². The van der Waals surface area contributed by atoms with Crippen molar-refractivity contribution in [1.29, 1.82) is 0 Å². The molecule has 0 saturated carbocycles. The molecule has 0 heterocycles. The lowest BCUT2D eigenvalue weighted by Crippen LogP contribution is -2.23. The lowest BCUT2D eigenvalue weighted by atomic mass is 10.1. The van der Waals surface area contributed by atoms with Crippen LogP contribution in [0.1, 0.15) is 10.4 Å². The summed E-state index contributed by atoms with van der Waals surface area (Å²) in [6.07, 6.45) is -1.57. The van der Waals surface area contributed by atoms with Crippen molar-refractivity contribution in [2.75, 3.05) is 23.9 Å². The molecule has 2 aromatic rings. The van der Waals surface area contributed by atoms with Crippen LogP contribution in [0.15, 0.2) is 55.1 Å². The minimum Gasteiger partial charge on any atom is -0.485 e. The molecule has 1 N–H and O–H groups in total. The molecule has 142 valence electrons. The van der Waals surface area contributed by atoms with Crippen LogP contribution in [0.5, 0.6) is 5.75 Å². The Balaban J connectivity index is 2.15. The van der Waals surface area contributed by atoms with Gasteiger partial charge in [0.05, 0.1) is 5.69 Å². The van der Waals surface area contributed by atoms with E-state index in [0.29, 0.717) is 5.69 Å². The van der Waals surface area contributed by atoms with Gasteiger partial charge in [-0.1, -0.05) is 6.58 Å². The van der Waals surface area contributed by atoms with Crippen molar-refractivity contribution in [3.8, 4) is 5.75 Å². The minimum atomic E-state index is -2.74. The molecule has 0 unspecified atom stereocenters. The zero-order chi connectivity index (χ0) is 20.0. The second-order valence-electron chi connectivity index (χ2n) is 5.44. The predicted molar refractivity (Wildman–Crippen MR) is 95.9 cm³/mol. The van der Waals surface area contributed by atoms with Gasteiger partial charge in [0.2, 0.25) is 5.91 Å². The summed E-state index contributed by atoms with van der Waals surface area (Å²) in [5.41, 5.74) is 0.867. The van der Waals surface area contributed by atoms with Gasteiger partial charge in [-0.2, -0.15) is 0 Å². The van der Waals surface area contributed by atoms with Crippen molar-refractivity contribution in [1.82, 2.24) is 0 Å². The number of carbonyl (C=O) groups is 2. The van der Waals surface area contributed by atoms with Crippen LogP contribution < -0.4 is 15.0 Å². The number of carbonyl (C=O) groups excluding carboxylic acids is 2. The van der Waals surface area contributed by atoms with Crippen LogP contribution in [-0.2, 0) is 4.79 Å². The molecule has 0 aliphatic heterocycles. The fraction of sp³-hybridized carbons (Fsp3) is 0.158. The summed E-state index contributed by atoms with van der Waals surface area (Å²) in [6.45, 7) is 2.47. The summed E-state index contributed by atoms with van der Waals surface area (Å²) in [5, 5.41) is 2.49. The average Bonchev–Trinajstić information content (AvgIpc) is 2.66. The summed E-state index contributed by atoms with van der Waals surface area (Å²) in [7, 11) is 1.56. The number of ether oxygens (including phenoxy) is 1. The zero-order valence-electron chi connectivity index (χ0n) is 14.4. The number of hydrogen-bond donors (Lipinski definition) is 1. The summed E-state index contributed by atoms with van der Waals surface area (Å²) >= 11 is 0. The van der Waals surface area contributed by atoms with Crippen molar-refractivity contribution >= 4 is 23.2 Å². The Bertz CT molecular complexity index is 839. The lowest BCUT2D eigenvalue weighted by Gasteiger charge is -2.16. The van der Waals surface area contributed by atoms with E-state index in [1.54, 1.807) is 19.2 Å². The average molecular weight is 378 g/mol. The monoisotopic (exact) mass is 378 g/mol. The SMILES string of the molecule is C=CC(=O)N(C)c1ccc(C(=O)Nc2ccc(F)cc2OCC(F)F)cc1. The summed E-state index contributed by atoms with van der Waals surface area (Å²) in [4.78, 5) is 25.3. The second kappa shape index (κ2) is 8.88. The van der Waals surface area contributed by atoms with Gasteiger partial charge in [-0.25, -0.2) is 13.2 Å². The number of halogens is 3. The van der Waals surface area contributed by atoms with Gasteiger partial charge in [-0.05, 0) is 42.5 Å². The lowest BCUT2D eigenvalue weighted by molar-refractivity contribution is -0.113. The summed E-state index contributed by atoms with van der Waals surface area (Å²) < 4.78 is 42.8. The largest absolute Gasteiger partial charge is 0.485 e. The normalized spacial score (nSPS) is 10.4. The van der Waals surface area contributed by atoms with Gasteiger partial charge in [0.25, 0.3) is 12.3 Å². The van der Waals surface area contributed by atoms with Crippen molar-refractivity contribution in [3.05, 3.63) is 66.5 Å². The number of anilines is 2. The van der Waals surface area contributed by atoms with Crippen molar-refractivity contribution in [2.24, 2.45) is 0 Å². The number of likely N-dealkylation sites (N-methyl/N-ethyl adjacent to an activating group) is 1. The molecule has 0 radical (unpaired) electrons. The second-order valence-corrected chi connectivity index (χ2v) is 5.44. The van der Waals surface area contributed by atoms with Crippen LogP contribution >= 0.6 is 0 Å². The maximum absolute atomic E-state index is 13.3. The molecule has 0 spiro atoms. The van der Waals surface area contributed by atoms with Crippen LogP contribution in [0.4, 0.5) is 24.5 Å². The van der Waals surface area contributed by atoms with E-state index < -0.39 is 24.8 Å². The standard InChI is InChI=1S/C19H17F3N2O3/c1-3-18(25)24(2)14-7-4-12(5-8-14)19(26)23-15-9-6-13(20)10-16(15)27-11-17(21)22/h3-10,17H,1,11H2,2H3,(H,23,26). The smallest absolute Gasteiger partial charge is 0.272 e. The molecule has 5 nitrogen and oxygen atoms in total. The molecule has 0 aromatic heterocycles. The number of hydrogen-bond acceptors (Lipinski definition) is 3. The molecule has 27 heavy (non-hydrogen) atoms. The van der Waals surface area contributed by atoms with E-state index in [1.807, 2.05) is 0 Å². The Morgan fingerprint density at radius 1 is 1.22 bits per heavy atom. The number of benzene rings is 2. The molecule has 0 saturated heterocycles. The first kappa shape index (κ1) is 20.0. The molecular weight excluding hydrogens is 361 g/mol. The molecule has 0 aliphatic rings. The van der Waals surface area contributed by atoms with Crippen LogP contribution in [0, 0.1) is 5.82 Å². The van der Waals surface area contributed by atoms with Crippen LogP contribution in [0.25, 0.3) is 0 Å². The number of amides is 2. The number of nitrogens with one attached hydrogen (secondary N) is 1. The van der Waals surface area contributed by atoms with Gasteiger partial charge in [0.1, 0.15) is 18.2 Å². The molecular formula is C19H17F3N2O3. The topological polar surface area (TPSA) is 58.6 Å². The molecule has 2 rings (SSSR count). The van der Waals surface area contributed by atoms with Crippen LogP contribution in [0.3, 0.4) is 0 Å². The Hall–Kier alpha value is -3.29. The van der Waals surface area contributed by atoms with Crippen LogP contribution in [0.2, 0.25) is 0 Å². The summed E-state index contributed by atoms with van der Waals surface area (Å²) in [5.74, 6) is -1.74. The highest BCUT2D eigenvalue weighted by Gasteiger charge is 2.14. The van der Waals surface area contributed by atoms with E-state index in [-0.39, 0.29) is 22.9 Å². The molecule has 2 aromatic carbocycles. The predicted octanol–water partition coefficient (Wildman–Crippen LogP) is 3.87. The highest BCUT2D eigenvalue weighted by molar-refractivity contribution is 6.06. The van der Waals surface area contributed by atoms with E-state index in [4.69, 9.17) is 4.74 Å². The molecule has 0 atom stereocenters. The molecule has 0 aliphatic carbocycles. The molecule has 0 fully saturated rings. The summed E-state index contributed by atoms with van der Waals surface area (Å²) in [6, 6.07) is 9.31. The van der Waals surface area contributed by atoms with Crippen molar-refractivity contribution in [2.45, 2.75) is 6.43 Å². The van der Waals surface area contributed by atoms with Gasteiger partial charge >= 0.3 is 0 Å². The quantitative estimate of drug-likeness (QED) is 0.744. The van der Waals surface area contributed by atoms with E-state index in [0.717, 1.165) is 18.2 Å².